The summed E-state index contributed by atoms with van der Waals surface area (Å²) in [6, 6.07) is 20.7. The number of hydrogen-bond acceptors (Lipinski definition) is 1. The van der Waals surface area contributed by atoms with E-state index in [-0.39, 0.29) is 6.10 Å². The van der Waals surface area contributed by atoms with Gasteiger partial charge in [0.05, 0.1) is 6.10 Å². The van der Waals surface area contributed by atoms with Crippen LogP contribution in [0.3, 0.4) is 0 Å². The summed E-state index contributed by atoms with van der Waals surface area (Å²) in [4.78, 5) is 0. The van der Waals surface area contributed by atoms with Crippen molar-refractivity contribution in [1.29, 1.82) is 0 Å². The fourth-order valence-corrected chi connectivity index (χ4v) is 2.46. The van der Waals surface area contributed by atoms with Crippen molar-refractivity contribution in [3.63, 3.8) is 0 Å². The minimum atomic E-state index is -0.264. The van der Waals surface area contributed by atoms with Crippen LogP contribution in [0.5, 0.6) is 0 Å². The molecule has 1 nitrogen and oxygen atoms in total. The molecule has 1 aliphatic carbocycles. The van der Waals surface area contributed by atoms with E-state index in [2.05, 4.69) is 24.3 Å². The highest BCUT2D eigenvalue weighted by Crippen LogP contribution is 2.37. The van der Waals surface area contributed by atoms with E-state index in [4.69, 9.17) is 0 Å². The molecule has 0 aromatic heterocycles. The predicted octanol–water partition coefficient (Wildman–Crippen LogP) is 3.64. The highest BCUT2D eigenvalue weighted by Gasteiger charge is 2.26. The first-order chi connectivity index (χ1) is 8.86. The van der Waals surface area contributed by atoms with E-state index in [0.29, 0.717) is 0 Å². The Morgan fingerprint density at radius 1 is 0.833 bits per heavy atom. The highest BCUT2D eigenvalue weighted by molar-refractivity contribution is 5.83. The first kappa shape index (κ1) is 11.2. The molecule has 18 heavy (non-hydrogen) atoms. The maximum atomic E-state index is 9.94. The van der Waals surface area contributed by atoms with E-state index in [0.717, 1.165) is 12.8 Å². The van der Waals surface area contributed by atoms with Gasteiger partial charge in [-0.3, -0.25) is 0 Å². The summed E-state index contributed by atoms with van der Waals surface area (Å²) in [5.74, 6) is 0. The maximum Gasteiger partial charge on any atom is 0.0762 e. The monoisotopic (exact) mass is 236 g/mol. The lowest BCUT2D eigenvalue weighted by molar-refractivity contribution is 0.157. The maximum absolute atomic E-state index is 9.94. The van der Waals surface area contributed by atoms with Gasteiger partial charge in [0, 0.05) is 0 Å². The van der Waals surface area contributed by atoms with Crippen LogP contribution in [-0.4, -0.2) is 11.2 Å². The van der Waals surface area contributed by atoms with Gasteiger partial charge in [-0.25, -0.2) is 0 Å². The molecule has 1 fully saturated rings. The summed E-state index contributed by atoms with van der Waals surface area (Å²) < 4.78 is 0. The average molecular weight is 236 g/mol. The van der Waals surface area contributed by atoms with Gasteiger partial charge in [0.1, 0.15) is 0 Å². The van der Waals surface area contributed by atoms with Gasteiger partial charge in [0.25, 0.3) is 0 Å². The number of aliphatic hydroxyl groups is 1. The summed E-state index contributed by atoms with van der Waals surface area (Å²) in [5.41, 5.74) is 4.76. The van der Waals surface area contributed by atoms with E-state index < -0.39 is 0 Å². The summed E-state index contributed by atoms with van der Waals surface area (Å²) in [6.07, 6.45) is 1.62. The second kappa shape index (κ2) is 4.79. The fourth-order valence-electron chi connectivity index (χ4n) is 2.46. The predicted molar refractivity (Wildman–Crippen MR) is 74.1 cm³/mol. The summed E-state index contributed by atoms with van der Waals surface area (Å²) in [7, 11) is 0. The van der Waals surface area contributed by atoms with Crippen LogP contribution in [0, 0.1) is 0 Å². The zero-order valence-electron chi connectivity index (χ0n) is 10.2. The van der Waals surface area contributed by atoms with Crippen LogP contribution >= 0.6 is 0 Å². The molecule has 1 unspecified atom stereocenters. The Morgan fingerprint density at radius 3 is 1.67 bits per heavy atom. The number of rotatable bonds is 2. The minimum absolute atomic E-state index is 0.264. The van der Waals surface area contributed by atoms with Crippen LogP contribution < -0.4 is 0 Å². The van der Waals surface area contributed by atoms with E-state index >= 15 is 0 Å². The number of benzene rings is 2. The number of aliphatic hydroxyl groups excluding tert-OH is 1. The highest BCUT2D eigenvalue weighted by atomic mass is 16.3. The Labute approximate surface area is 107 Å². The molecule has 0 amide bonds. The summed E-state index contributed by atoms with van der Waals surface area (Å²) in [5, 5.41) is 9.94. The topological polar surface area (TPSA) is 20.2 Å². The van der Waals surface area contributed by atoms with Crippen LogP contribution in [0.15, 0.2) is 66.2 Å². The quantitative estimate of drug-likeness (QED) is 0.844. The van der Waals surface area contributed by atoms with Crippen molar-refractivity contribution in [2.24, 2.45) is 0 Å². The lowest BCUT2D eigenvalue weighted by atomic mass is 9.80. The molecule has 2 aromatic carbocycles. The molecule has 0 radical (unpaired) electrons. The number of hydrogen-bond donors (Lipinski definition) is 1. The Morgan fingerprint density at radius 2 is 1.33 bits per heavy atom. The molecule has 1 heteroatoms. The molecule has 2 aromatic rings. The zero-order valence-corrected chi connectivity index (χ0v) is 10.2. The molecule has 0 heterocycles. The Kier molecular flexibility index (Phi) is 2.99. The Bertz CT molecular complexity index is 513. The van der Waals surface area contributed by atoms with Crippen molar-refractivity contribution in [2.45, 2.75) is 18.9 Å². The Hall–Kier alpha value is -1.86. The third-order valence-corrected chi connectivity index (χ3v) is 3.54. The third-order valence-electron chi connectivity index (χ3n) is 3.54. The van der Waals surface area contributed by atoms with Gasteiger partial charge in [0.15, 0.2) is 0 Å². The van der Waals surface area contributed by atoms with Crippen LogP contribution in [0.25, 0.3) is 5.57 Å². The van der Waals surface area contributed by atoms with Crippen molar-refractivity contribution in [1.82, 2.24) is 0 Å². The molecule has 0 aliphatic heterocycles. The van der Waals surface area contributed by atoms with Crippen LogP contribution in [0.2, 0.25) is 0 Å². The first-order valence-corrected chi connectivity index (χ1v) is 6.38. The second-order valence-electron chi connectivity index (χ2n) is 4.69. The van der Waals surface area contributed by atoms with Gasteiger partial charge in [-0.15, -0.1) is 0 Å². The van der Waals surface area contributed by atoms with Crippen molar-refractivity contribution in [2.75, 3.05) is 0 Å². The van der Waals surface area contributed by atoms with Gasteiger partial charge in [-0.2, -0.15) is 0 Å². The van der Waals surface area contributed by atoms with Gasteiger partial charge < -0.3 is 5.11 Å². The molecule has 1 atom stereocenters. The van der Waals surface area contributed by atoms with Crippen LogP contribution in [0.1, 0.15) is 24.0 Å². The van der Waals surface area contributed by atoms with Crippen molar-refractivity contribution in [3.05, 3.63) is 77.4 Å². The standard InChI is InChI=1S/C17H16O/c18-16-12-11-15(16)17(13-7-3-1-4-8-13)14-9-5-2-6-10-14/h1-10,16,18H,11-12H2. The summed E-state index contributed by atoms with van der Waals surface area (Å²) >= 11 is 0. The van der Waals surface area contributed by atoms with Crippen LogP contribution in [0.4, 0.5) is 0 Å². The van der Waals surface area contributed by atoms with Gasteiger partial charge in [-0.05, 0) is 35.1 Å². The average Bonchev–Trinajstić information content (AvgIpc) is 2.45. The van der Waals surface area contributed by atoms with Crippen molar-refractivity contribution >= 4 is 5.57 Å². The molecule has 3 rings (SSSR count). The molecule has 1 N–H and O–H groups in total. The molecular weight excluding hydrogens is 220 g/mol. The lowest BCUT2D eigenvalue weighted by Crippen LogP contribution is -2.23. The van der Waals surface area contributed by atoms with Gasteiger partial charge >= 0.3 is 0 Å². The second-order valence-corrected chi connectivity index (χ2v) is 4.69. The molecule has 0 bridgehead atoms. The van der Waals surface area contributed by atoms with Gasteiger partial charge in [0.2, 0.25) is 0 Å². The summed E-state index contributed by atoms with van der Waals surface area (Å²) in [6.45, 7) is 0. The minimum Gasteiger partial charge on any atom is -0.389 e. The molecule has 0 saturated heterocycles. The van der Waals surface area contributed by atoms with Crippen LogP contribution in [-0.2, 0) is 0 Å². The van der Waals surface area contributed by atoms with Crippen molar-refractivity contribution < 1.29 is 5.11 Å². The molecule has 1 aliphatic rings. The molecule has 90 valence electrons. The first-order valence-electron chi connectivity index (χ1n) is 6.38. The zero-order chi connectivity index (χ0) is 12.4. The van der Waals surface area contributed by atoms with E-state index in [1.54, 1.807) is 0 Å². The normalized spacial score (nSPS) is 18.3. The molecular formula is C17H16O. The fraction of sp³-hybridized carbons (Fsp3) is 0.176. The third kappa shape index (κ3) is 1.98. The SMILES string of the molecule is OC1CCC1=C(c1ccccc1)c1ccccc1. The molecule has 0 spiro atoms. The largest absolute Gasteiger partial charge is 0.389 e. The van der Waals surface area contributed by atoms with E-state index in [1.807, 2.05) is 36.4 Å². The Balaban J connectivity index is 2.15. The lowest BCUT2D eigenvalue weighted by Gasteiger charge is -2.29. The smallest absolute Gasteiger partial charge is 0.0762 e. The van der Waals surface area contributed by atoms with Crippen molar-refractivity contribution in [3.8, 4) is 0 Å². The molecule has 1 saturated carbocycles. The van der Waals surface area contributed by atoms with Gasteiger partial charge in [-0.1, -0.05) is 60.7 Å². The van der Waals surface area contributed by atoms with E-state index in [9.17, 15) is 5.11 Å². The van der Waals surface area contributed by atoms with E-state index in [1.165, 1.54) is 22.3 Å².